The predicted octanol–water partition coefficient (Wildman–Crippen LogP) is 4.47. The smallest absolute Gasteiger partial charge is 0.176 e. The third-order valence-electron chi connectivity index (χ3n) is 5.41. The van der Waals surface area contributed by atoms with E-state index in [0.717, 1.165) is 34.6 Å². The molecule has 0 bridgehead atoms. The number of rotatable bonds is 9. The highest BCUT2D eigenvalue weighted by molar-refractivity contribution is 9.10. The minimum Gasteiger partial charge on any atom is -0.493 e. The molecule has 1 aliphatic heterocycles. The molecular formula is C23H29BrN2O3. The SMILES string of the molecule is COc1ccc(C(CNCC(=O)c2ccc(Br)cc2)N2CCCCC2)cc1OC. The van der Waals surface area contributed by atoms with Crippen molar-refractivity contribution < 1.29 is 14.3 Å². The quantitative estimate of drug-likeness (QED) is 0.559. The van der Waals surface area contributed by atoms with E-state index in [1.807, 2.05) is 30.3 Å². The summed E-state index contributed by atoms with van der Waals surface area (Å²) in [6, 6.07) is 13.8. The van der Waals surface area contributed by atoms with Crippen LogP contribution >= 0.6 is 15.9 Å². The van der Waals surface area contributed by atoms with E-state index in [-0.39, 0.29) is 11.8 Å². The topological polar surface area (TPSA) is 50.8 Å². The van der Waals surface area contributed by atoms with Crippen LogP contribution < -0.4 is 14.8 Å². The largest absolute Gasteiger partial charge is 0.493 e. The van der Waals surface area contributed by atoms with Crippen LogP contribution in [0, 0.1) is 0 Å². The van der Waals surface area contributed by atoms with Crippen molar-refractivity contribution in [1.29, 1.82) is 0 Å². The van der Waals surface area contributed by atoms with Crippen LogP contribution in [-0.4, -0.2) is 51.1 Å². The van der Waals surface area contributed by atoms with Crippen LogP contribution in [0.5, 0.6) is 11.5 Å². The molecule has 5 nitrogen and oxygen atoms in total. The van der Waals surface area contributed by atoms with E-state index >= 15 is 0 Å². The van der Waals surface area contributed by atoms with Crippen LogP contribution in [0.2, 0.25) is 0 Å². The number of benzene rings is 2. The lowest BCUT2D eigenvalue weighted by molar-refractivity contribution is 0.0983. The zero-order chi connectivity index (χ0) is 20.6. The van der Waals surface area contributed by atoms with Crippen molar-refractivity contribution in [3.05, 3.63) is 58.1 Å². The first-order valence-corrected chi connectivity index (χ1v) is 10.9. The number of Topliss-reactive ketones (excluding diaryl/α,β-unsaturated/α-hetero) is 1. The van der Waals surface area contributed by atoms with Gasteiger partial charge in [0.15, 0.2) is 17.3 Å². The molecule has 0 amide bonds. The van der Waals surface area contributed by atoms with E-state index in [9.17, 15) is 4.79 Å². The summed E-state index contributed by atoms with van der Waals surface area (Å²) in [4.78, 5) is 15.0. The fraction of sp³-hybridized carbons (Fsp3) is 0.435. The van der Waals surface area contributed by atoms with E-state index in [4.69, 9.17) is 9.47 Å². The molecule has 3 rings (SSSR count). The van der Waals surface area contributed by atoms with Gasteiger partial charge in [-0.2, -0.15) is 0 Å². The van der Waals surface area contributed by atoms with Crippen molar-refractivity contribution >= 4 is 21.7 Å². The molecule has 1 fully saturated rings. The van der Waals surface area contributed by atoms with E-state index in [0.29, 0.717) is 13.1 Å². The van der Waals surface area contributed by atoms with E-state index in [1.54, 1.807) is 14.2 Å². The molecule has 1 unspecified atom stereocenters. The number of nitrogens with one attached hydrogen (secondary N) is 1. The van der Waals surface area contributed by atoms with Crippen molar-refractivity contribution in [1.82, 2.24) is 10.2 Å². The highest BCUT2D eigenvalue weighted by atomic mass is 79.9. The van der Waals surface area contributed by atoms with Gasteiger partial charge in [0, 0.05) is 22.6 Å². The first-order chi connectivity index (χ1) is 14.1. The molecule has 6 heteroatoms. The Hall–Kier alpha value is -1.89. The fourth-order valence-electron chi connectivity index (χ4n) is 3.81. The standard InChI is InChI=1S/C23H29BrN2O3/c1-28-22-11-8-18(14-23(22)29-2)20(26-12-4-3-5-13-26)15-25-16-21(27)17-6-9-19(24)10-7-17/h6-11,14,20,25H,3-5,12-13,15-16H2,1-2H3. The number of likely N-dealkylation sites (tertiary alicyclic amines) is 1. The van der Waals surface area contributed by atoms with Gasteiger partial charge >= 0.3 is 0 Å². The minimum absolute atomic E-state index is 0.0993. The third kappa shape index (κ3) is 5.81. The molecule has 0 aliphatic carbocycles. The van der Waals surface area contributed by atoms with Crippen LogP contribution in [0.3, 0.4) is 0 Å². The minimum atomic E-state index is 0.0993. The van der Waals surface area contributed by atoms with Gasteiger partial charge in [0.05, 0.1) is 20.8 Å². The summed E-state index contributed by atoms with van der Waals surface area (Å²) < 4.78 is 11.9. The van der Waals surface area contributed by atoms with Gasteiger partial charge in [-0.25, -0.2) is 0 Å². The Balaban J connectivity index is 1.70. The van der Waals surface area contributed by atoms with Gasteiger partial charge in [-0.1, -0.05) is 40.5 Å². The molecule has 0 aromatic heterocycles. The van der Waals surface area contributed by atoms with Crippen molar-refractivity contribution in [2.45, 2.75) is 25.3 Å². The van der Waals surface area contributed by atoms with Gasteiger partial charge in [0.25, 0.3) is 0 Å². The lowest BCUT2D eigenvalue weighted by atomic mass is 10.0. The maximum absolute atomic E-state index is 12.5. The average molecular weight is 461 g/mol. The monoisotopic (exact) mass is 460 g/mol. The van der Waals surface area contributed by atoms with Gasteiger partial charge in [-0.15, -0.1) is 0 Å². The third-order valence-corrected chi connectivity index (χ3v) is 5.94. The average Bonchev–Trinajstić information content (AvgIpc) is 2.77. The van der Waals surface area contributed by atoms with Crippen molar-refractivity contribution in [2.24, 2.45) is 0 Å². The summed E-state index contributed by atoms with van der Waals surface area (Å²) in [5, 5.41) is 3.39. The number of carbonyl (C=O) groups excluding carboxylic acids is 1. The Bertz CT molecular complexity index is 804. The molecule has 1 aliphatic rings. The van der Waals surface area contributed by atoms with Crippen LogP contribution in [0.15, 0.2) is 46.9 Å². The number of nitrogens with zero attached hydrogens (tertiary/aromatic N) is 1. The fourth-order valence-corrected chi connectivity index (χ4v) is 4.07. The first kappa shape index (κ1) is 21.8. The second kappa shape index (κ2) is 10.8. The van der Waals surface area contributed by atoms with E-state index in [1.165, 1.54) is 24.8 Å². The van der Waals surface area contributed by atoms with Gasteiger partial charge in [-0.3, -0.25) is 9.69 Å². The number of piperidine rings is 1. The molecule has 2 aromatic carbocycles. The maximum Gasteiger partial charge on any atom is 0.176 e. The number of halogens is 1. The summed E-state index contributed by atoms with van der Waals surface area (Å²) in [5.41, 5.74) is 1.90. The maximum atomic E-state index is 12.5. The van der Waals surface area contributed by atoms with Gasteiger partial charge in [0.1, 0.15) is 0 Å². The Morgan fingerprint density at radius 2 is 1.72 bits per heavy atom. The summed E-state index contributed by atoms with van der Waals surface area (Å²) in [5.74, 6) is 1.56. The molecule has 1 N–H and O–H groups in total. The lowest BCUT2D eigenvalue weighted by Gasteiger charge is -2.35. The number of hydrogen-bond acceptors (Lipinski definition) is 5. The summed E-state index contributed by atoms with van der Waals surface area (Å²) in [6.07, 6.45) is 3.70. The number of ketones is 1. The number of hydrogen-bond donors (Lipinski definition) is 1. The summed E-state index contributed by atoms with van der Waals surface area (Å²) >= 11 is 3.41. The number of ether oxygens (including phenoxy) is 2. The molecule has 1 atom stereocenters. The second-order valence-corrected chi connectivity index (χ2v) is 8.20. The van der Waals surface area contributed by atoms with Gasteiger partial charge in [-0.05, 0) is 55.8 Å². The Morgan fingerprint density at radius 1 is 1.03 bits per heavy atom. The number of carbonyl (C=O) groups is 1. The van der Waals surface area contributed by atoms with Crippen LogP contribution in [0.25, 0.3) is 0 Å². The lowest BCUT2D eigenvalue weighted by Crippen LogP contribution is -2.40. The van der Waals surface area contributed by atoms with E-state index < -0.39 is 0 Å². The molecule has 0 spiro atoms. The molecule has 29 heavy (non-hydrogen) atoms. The van der Waals surface area contributed by atoms with Gasteiger partial charge < -0.3 is 14.8 Å². The molecule has 0 saturated carbocycles. The van der Waals surface area contributed by atoms with Crippen molar-refractivity contribution in [3.8, 4) is 11.5 Å². The van der Waals surface area contributed by atoms with Crippen molar-refractivity contribution in [2.75, 3.05) is 40.4 Å². The molecular weight excluding hydrogens is 432 g/mol. The Morgan fingerprint density at radius 3 is 2.38 bits per heavy atom. The van der Waals surface area contributed by atoms with Gasteiger partial charge in [0.2, 0.25) is 0 Å². The summed E-state index contributed by atoms with van der Waals surface area (Å²) in [7, 11) is 3.31. The zero-order valence-corrected chi connectivity index (χ0v) is 18.7. The highest BCUT2D eigenvalue weighted by Gasteiger charge is 2.23. The Kier molecular flexibility index (Phi) is 8.09. The highest BCUT2D eigenvalue weighted by Crippen LogP contribution is 2.32. The van der Waals surface area contributed by atoms with Crippen LogP contribution in [-0.2, 0) is 0 Å². The molecule has 1 heterocycles. The number of methoxy groups -OCH3 is 2. The summed E-state index contributed by atoms with van der Waals surface area (Å²) in [6.45, 7) is 3.17. The normalized spacial score (nSPS) is 15.7. The van der Waals surface area contributed by atoms with E-state index in [2.05, 4.69) is 38.3 Å². The Labute approximate surface area is 181 Å². The molecule has 0 radical (unpaired) electrons. The molecule has 1 saturated heterocycles. The first-order valence-electron chi connectivity index (χ1n) is 10.1. The van der Waals surface area contributed by atoms with Crippen LogP contribution in [0.1, 0.15) is 41.2 Å². The second-order valence-electron chi connectivity index (χ2n) is 7.29. The van der Waals surface area contributed by atoms with Crippen molar-refractivity contribution in [3.63, 3.8) is 0 Å². The molecule has 2 aromatic rings. The molecule has 156 valence electrons. The zero-order valence-electron chi connectivity index (χ0n) is 17.1. The predicted molar refractivity (Wildman–Crippen MR) is 119 cm³/mol. The van der Waals surface area contributed by atoms with Crippen LogP contribution in [0.4, 0.5) is 0 Å².